The van der Waals surface area contributed by atoms with Crippen LogP contribution in [0.5, 0.6) is 0 Å². The Kier molecular flexibility index (Phi) is 5.33. The molecule has 2 saturated heterocycles. The van der Waals surface area contributed by atoms with Gasteiger partial charge < -0.3 is 4.74 Å². The topological polar surface area (TPSA) is 53.1 Å². The molecule has 6 nitrogen and oxygen atoms in total. The van der Waals surface area contributed by atoms with Crippen LogP contribution in [0.2, 0.25) is 0 Å². The summed E-state index contributed by atoms with van der Waals surface area (Å²) >= 11 is 0. The predicted molar refractivity (Wildman–Crippen MR) is 89.3 cm³/mol. The van der Waals surface area contributed by atoms with E-state index in [1.807, 2.05) is 0 Å². The van der Waals surface area contributed by atoms with Crippen LogP contribution in [-0.4, -0.2) is 74.4 Å². The second-order valence-corrected chi connectivity index (χ2v) is 8.11. The summed E-state index contributed by atoms with van der Waals surface area (Å²) in [5.74, 6) is 0. The van der Waals surface area contributed by atoms with Crippen LogP contribution in [0, 0.1) is 6.92 Å². The first-order valence-corrected chi connectivity index (χ1v) is 9.56. The number of piperazine rings is 1. The maximum atomic E-state index is 12.6. The lowest BCUT2D eigenvalue weighted by Gasteiger charge is -2.37. The van der Waals surface area contributed by atoms with Crippen molar-refractivity contribution < 1.29 is 13.2 Å². The zero-order chi connectivity index (χ0) is 16.3. The number of hydrogen-bond donors (Lipinski definition) is 0. The predicted octanol–water partition coefficient (Wildman–Crippen LogP) is 0.690. The molecule has 1 aromatic carbocycles. The smallest absolute Gasteiger partial charge is 0.282 e. The minimum Gasteiger partial charge on any atom is -0.379 e. The Bertz CT molecular complexity index is 621. The molecule has 7 heteroatoms. The van der Waals surface area contributed by atoms with Crippen molar-refractivity contribution in [2.45, 2.75) is 13.5 Å². The largest absolute Gasteiger partial charge is 0.379 e. The van der Waals surface area contributed by atoms with Gasteiger partial charge >= 0.3 is 0 Å². The second kappa shape index (κ2) is 7.27. The third-order valence-electron chi connectivity index (χ3n) is 4.44. The number of morpholine rings is 1. The molecular formula is C16H25N3O3S. The van der Waals surface area contributed by atoms with Crippen molar-refractivity contribution in [3.8, 4) is 0 Å². The van der Waals surface area contributed by atoms with E-state index in [2.05, 4.69) is 36.1 Å². The van der Waals surface area contributed by atoms with Crippen molar-refractivity contribution >= 4 is 10.2 Å². The van der Waals surface area contributed by atoms with Gasteiger partial charge in [-0.1, -0.05) is 29.8 Å². The number of nitrogens with zero attached hydrogens (tertiary/aromatic N) is 3. The van der Waals surface area contributed by atoms with E-state index in [0.29, 0.717) is 39.4 Å². The highest BCUT2D eigenvalue weighted by Crippen LogP contribution is 2.16. The van der Waals surface area contributed by atoms with Gasteiger partial charge in [0.2, 0.25) is 0 Å². The van der Waals surface area contributed by atoms with Crippen molar-refractivity contribution in [3.05, 3.63) is 35.4 Å². The Morgan fingerprint density at radius 2 is 1.65 bits per heavy atom. The van der Waals surface area contributed by atoms with E-state index in [1.54, 1.807) is 8.61 Å². The molecule has 2 fully saturated rings. The van der Waals surface area contributed by atoms with Gasteiger partial charge in [0.05, 0.1) is 13.2 Å². The van der Waals surface area contributed by atoms with Crippen molar-refractivity contribution in [3.63, 3.8) is 0 Å². The molecule has 0 aliphatic carbocycles. The number of ether oxygens (including phenoxy) is 1. The van der Waals surface area contributed by atoms with Gasteiger partial charge in [0.15, 0.2) is 0 Å². The molecule has 0 radical (unpaired) electrons. The molecule has 2 aliphatic rings. The molecular weight excluding hydrogens is 314 g/mol. The fraction of sp³-hybridized carbons (Fsp3) is 0.625. The standard InChI is InChI=1S/C16H25N3O3S/c1-15-3-2-4-16(13-15)14-17-5-7-18(8-6-17)23(20,21)19-9-11-22-12-10-19/h2-4,13H,5-12,14H2,1H3. The van der Waals surface area contributed by atoms with Crippen LogP contribution in [0.4, 0.5) is 0 Å². The molecule has 3 rings (SSSR count). The number of rotatable bonds is 4. The van der Waals surface area contributed by atoms with E-state index in [-0.39, 0.29) is 0 Å². The third kappa shape index (κ3) is 4.10. The fourth-order valence-corrected chi connectivity index (χ4v) is 4.69. The molecule has 128 valence electrons. The summed E-state index contributed by atoms with van der Waals surface area (Å²) < 4.78 is 33.7. The van der Waals surface area contributed by atoms with Crippen LogP contribution in [-0.2, 0) is 21.5 Å². The average Bonchev–Trinajstić information content (AvgIpc) is 2.56. The SMILES string of the molecule is Cc1cccc(CN2CCN(S(=O)(=O)N3CCOCC3)CC2)c1. The summed E-state index contributed by atoms with van der Waals surface area (Å²) in [5.41, 5.74) is 2.55. The van der Waals surface area contributed by atoms with Gasteiger partial charge in [-0.25, -0.2) is 0 Å². The van der Waals surface area contributed by atoms with Crippen molar-refractivity contribution in [2.24, 2.45) is 0 Å². The van der Waals surface area contributed by atoms with Gasteiger partial charge in [-0.15, -0.1) is 0 Å². The molecule has 0 aromatic heterocycles. The first-order valence-electron chi connectivity index (χ1n) is 8.16. The van der Waals surface area contributed by atoms with Crippen LogP contribution < -0.4 is 0 Å². The minimum atomic E-state index is -3.33. The van der Waals surface area contributed by atoms with Crippen molar-refractivity contribution in [2.75, 3.05) is 52.5 Å². The number of hydrogen-bond acceptors (Lipinski definition) is 4. The Labute approximate surface area is 138 Å². The molecule has 2 heterocycles. The zero-order valence-corrected chi connectivity index (χ0v) is 14.5. The molecule has 0 spiro atoms. The fourth-order valence-electron chi connectivity index (χ4n) is 3.13. The van der Waals surface area contributed by atoms with Gasteiger partial charge in [-0.2, -0.15) is 17.0 Å². The van der Waals surface area contributed by atoms with Crippen molar-refractivity contribution in [1.82, 2.24) is 13.5 Å². The lowest BCUT2D eigenvalue weighted by Crippen LogP contribution is -2.54. The summed E-state index contributed by atoms with van der Waals surface area (Å²) in [6.45, 7) is 7.56. The highest BCUT2D eigenvalue weighted by molar-refractivity contribution is 7.86. The Hall–Kier alpha value is -0.990. The van der Waals surface area contributed by atoms with Crippen LogP contribution in [0.15, 0.2) is 24.3 Å². The highest BCUT2D eigenvalue weighted by Gasteiger charge is 2.33. The van der Waals surface area contributed by atoms with Gasteiger partial charge in [0, 0.05) is 45.8 Å². The Morgan fingerprint density at radius 1 is 1.00 bits per heavy atom. The number of aryl methyl sites for hydroxylation is 1. The summed E-state index contributed by atoms with van der Waals surface area (Å²) in [4.78, 5) is 2.32. The van der Waals surface area contributed by atoms with Gasteiger partial charge in [0.1, 0.15) is 0 Å². The summed E-state index contributed by atoms with van der Waals surface area (Å²) in [5, 5.41) is 0. The van der Waals surface area contributed by atoms with Crippen LogP contribution in [0.1, 0.15) is 11.1 Å². The number of benzene rings is 1. The maximum absolute atomic E-state index is 12.6. The molecule has 0 unspecified atom stereocenters. The van der Waals surface area contributed by atoms with E-state index < -0.39 is 10.2 Å². The molecule has 0 bridgehead atoms. The van der Waals surface area contributed by atoms with E-state index in [0.717, 1.165) is 19.6 Å². The van der Waals surface area contributed by atoms with E-state index in [9.17, 15) is 8.42 Å². The van der Waals surface area contributed by atoms with Gasteiger partial charge in [0.25, 0.3) is 10.2 Å². The van der Waals surface area contributed by atoms with E-state index in [1.165, 1.54) is 11.1 Å². The van der Waals surface area contributed by atoms with Crippen molar-refractivity contribution in [1.29, 1.82) is 0 Å². The quantitative estimate of drug-likeness (QED) is 0.810. The third-order valence-corrected chi connectivity index (χ3v) is 6.48. The first kappa shape index (κ1) is 16.9. The average molecular weight is 339 g/mol. The highest BCUT2D eigenvalue weighted by atomic mass is 32.2. The Balaban J connectivity index is 1.55. The first-order chi connectivity index (χ1) is 11.1. The summed E-state index contributed by atoms with van der Waals surface area (Å²) in [6.07, 6.45) is 0. The van der Waals surface area contributed by atoms with E-state index >= 15 is 0 Å². The van der Waals surface area contributed by atoms with E-state index in [4.69, 9.17) is 4.74 Å². The lowest BCUT2D eigenvalue weighted by atomic mass is 10.1. The Morgan fingerprint density at radius 3 is 2.30 bits per heavy atom. The second-order valence-electron chi connectivity index (χ2n) is 6.18. The lowest BCUT2D eigenvalue weighted by molar-refractivity contribution is 0.0684. The monoisotopic (exact) mass is 339 g/mol. The molecule has 0 amide bonds. The summed E-state index contributed by atoms with van der Waals surface area (Å²) in [6, 6.07) is 8.49. The zero-order valence-electron chi connectivity index (χ0n) is 13.6. The molecule has 2 aliphatic heterocycles. The van der Waals surface area contributed by atoms with Crippen LogP contribution >= 0.6 is 0 Å². The molecule has 23 heavy (non-hydrogen) atoms. The maximum Gasteiger partial charge on any atom is 0.282 e. The summed E-state index contributed by atoms with van der Waals surface area (Å²) in [7, 11) is -3.33. The van der Waals surface area contributed by atoms with Gasteiger partial charge in [-0.05, 0) is 12.5 Å². The molecule has 1 aromatic rings. The normalized spacial score (nSPS) is 22.3. The van der Waals surface area contributed by atoms with Crippen LogP contribution in [0.25, 0.3) is 0 Å². The van der Waals surface area contributed by atoms with Crippen LogP contribution in [0.3, 0.4) is 0 Å². The molecule has 0 N–H and O–H groups in total. The minimum absolute atomic E-state index is 0.464. The molecule has 0 saturated carbocycles. The van der Waals surface area contributed by atoms with Gasteiger partial charge in [-0.3, -0.25) is 4.90 Å². The molecule has 0 atom stereocenters.